The van der Waals surface area contributed by atoms with E-state index in [-0.39, 0.29) is 6.04 Å². The number of carboxylic acid groups (broad SMARTS) is 1. The van der Waals surface area contributed by atoms with Crippen LogP contribution >= 0.6 is 11.3 Å². The molecule has 2 atom stereocenters. The van der Waals surface area contributed by atoms with E-state index in [9.17, 15) is 9.59 Å². The number of rotatable bonds is 5. The molecule has 2 amide bonds. The molecule has 0 saturated heterocycles. The van der Waals surface area contributed by atoms with Gasteiger partial charge in [0.15, 0.2) is 6.04 Å². The van der Waals surface area contributed by atoms with Crippen molar-refractivity contribution >= 4 is 23.3 Å². The molecule has 0 aliphatic heterocycles. The van der Waals surface area contributed by atoms with E-state index < -0.39 is 24.6 Å². The van der Waals surface area contributed by atoms with Gasteiger partial charge in [0, 0.05) is 9.75 Å². The van der Waals surface area contributed by atoms with Gasteiger partial charge in [0.05, 0.1) is 12.6 Å². The molecule has 0 fully saturated rings. The van der Waals surface area contributed by atoms with Gasteiger partial charge < -0.3 is 20.8 Å². The van der Waals surface area contributed by atoms with Crippen molar-refractivity contribution in [3.63, 3.8) is 0 Å². The molecule has 0 aliphatic carbocycles. The van der Waals surface area contributed by atoms with Crippen molar-refractivity contribution in [3.8, 4) is 0 Å². The van der Waals surface area contributed by atoms with Crippen molar-refractivity contribution in [1.82, 2.24) is 10.6 Å². The average Bonchev–Trinajstić information content (AvgIpc) is 2.72. The van der Waals surface area contributed by atoms with Crippen molar-refractivity contribution < 1.29 is 19.8 Å². The summed E-state index contributed by atoms with van der Waals surface area (Å²) < 4.78 is 0. The maximum Gasteiger partial charge on any atom is 0.328 e. The summed E-state index contributed by atoms with van der Waals surface area (Å²) in [4.78, 5) is 24.3. The SMILES string of the molecule is Cc1ccc(C(C)NC(=O)NC(CO)C(=O)O)s1. The van der Waals surface area contributed by atoms with E-state index in [0.717, 1.165) is 9.75 Å². The average molecular weight is 272 g/mol. The molecule has 2 unspecified atom stereocenters. The van der Waals surface area contributed by atoms with Crippen LogP contribution in [0.3, 0.4) is 0 Å². The minimum atomic E-state index is -1.29. The summed E-state index contributed by atoms with van der Waals surface area (Å²) in [5.74, 6) is -1.27. The summed E-state index contributed by atoms with van der Waals surface area (Å²) in [7, 11) is 0. The number of aryl methyl sites for hydroxylation is 1. The Labute approximate surface area is 109 Å². The van der Waals surface area contributed by atoms with E-state index >= 15 is 0 Å². The maximum atomic E-state index is 11.5. The fourth-order valence-electron chi connectivity index (χ4n) is 1.34. The lowest BCUT2D eigenvalue weighted by Crippen LogP contribution is -2.48. The highest BCUT2D eigenvalue weighted by atomic mass is 32.1. The Kier molecular flexibility index (Phi) is 5.11. The molecule has 1 rings (SSSR count). The number of aliphatic carboxylic acids is 1. The normalized spacial score (nSPS) is 13.7. The largest absolute Gasteiger partial charge is 0.480 e. The summed E-state index contributed by atoms with van der Waals surface area (Å²) in [6, 6.07) is 1.74. The van der Waals surface area contributed by atoms with Crippen molar-refractivity contribution in [3.05, 3.63) is 21.9 Å². The molecule has 0 saturated carbocycles. The Hall–Kier alpha value is -1.60. The third-order valence-corrected chi connectivity index (χ3v) is 3.50. The van der Waals surface area contributed by atoms with Gasteiger partial charge in [-0.2, -0.15) is 0 Å². The molecule has 100 valence electrons. The van der Waals surface area contributed by atoms with Crippen LogP contribution in [0.5, 0.6) is 0 Å². The molecule has 7 heteroatoms. The first-order chi connectivity index (χ1) is 8.43. The van der Waals surface area contributed by atoms with Crippen LogP contribution in [0.15, 0.2) is 12.1 Å². The highest BCUT2D eigenvalue weighted by molar-refractivity contribution is 7.12. The molecule has 0 aliphatic rings. The van der Waals surface area contributed by atoms with Crippen LogP contribution in [0.1, 0.15) is 22.7 Å². The Morgan fingerprint density at radius 1 is 1.39 bits per heavy atom. The lowest BCUT2D eigenvalue weighted by molar-refractivity contribution is -0.140. The van der Waals surface area contributed by atoms with Gasteiger partial charge in [0.2, 0.25) is 0 Å². The number of nitrogens with one attached hydrogen (secondary N) is 2. The number of carbonyl (C=O) groups excluding carboxylic acids is 1. The van der Waals surface area contributed by atoms with E-state index in [1.807, 2.05) is 19.1 Å². The van der Waals surface area contributed by atoms with Gasteiger partial charge in [-0.3, -0.25) is 0 Å². The summed E-state index contributed by atoms with van der Waals surface area (Å²) in [6.07, 6.45) is 0. The van der Waals surface area contributed by atoms with E-state index in [1.165, 1.54) is 0 Å². The van der Waals surface area contributed by atoms with Crippen LogP contribution < -0.4 is 10.6 Å². The first-order valence-corrected chi connectivity index (χ1v) is 6.22. The fourth-order valence-corrected chi connectivity index (χ4v) is 2.22. The second kappa shape index (κ2) is 6.36. The molecule has 0 aromatic carbocycles. The number of aliphatic hydroxyl groups excluding tert-OH is 1. The molecular weight excluding hydrogens is 256 g/mol. The zero-order chi connectivity index (χ0) is 13.7. The number of amides is 2. The van der Waals surface area contributed by atoms with E-state index in [0.29, 0.717) is 0 Å². The minimum Gasteiger partial charge on any atom is -0.480 e. The van der Waals surface area contributed by atoms with Gasteiger partial charge in [-0.1, -0.05) is 0 Å². The van der Waals surface area contributed by atoms with Gasteiger partial charge in [-0.05, 0) is 26.0 Å². The Morgan fingerprint density at radius 2 is 2.06 bits per heavy atom. The molecule has 18 heavy (non-hydrogen) atoms. The number of aliphatic hydroxyl groups is 1. The van der Waals surface area contributed by atoms with Gasteiger partial charge in [-0.15, -0.1) is 11.3 Å². The molecule has 1 aromatic heterocycles. The minimum absolute atomic E-state index is 0.211. The second-order valence-electron chi connectivity index (χ2n) is 3.86. The standard InChI is InChI=1S/C11H16N2O4S/c1-6-3-4-9(18-6)7(2)12-11(17)13-8(5-14)10(15)16/h3-4,7-8,14H,5H2,1-2H3,(H,15,16)(H2,12,13,17). The monoisotopic (exact) mass is 272 g/mol. The zero-order valence-corrected chi connectivity index (χ0v) is 11.0. The van der Waals surface area contributed by atoms with E-state index in [4.69, 9.17) is 10.2 Å². The zero-order valence-electron chi connectivity index (χ0n) is 10.1. The van der Waals surface area contributed by atoms with Crippen molar-refractivity contribution in [1.29, 1.82) is 0 Å². The predicted molar refractivity (Wildman–Crippen MR) is 67.6 cm³/mol. The van der Waals surface area contributed by atoms with Crippen molar-refractivity contribution in [2.45, 2.75) is 25.9 Å². The predicted octanol–water partition coefficient (Wildman–Crippen LogP) is 0.862. The maximum absolute atomic E-state index is 11.5. The highest BCUT2D eigenvalue weighted by Crippen LogP contribution is 2.21. The summed E-state index contributed by atoms with van der Waals surface area (Å²) >= 11 is 1.56. The number of urea groups is 1. The number of hydrogen-bond donors (Lipinski definition) is 4. The Balaban J connectivity index is 2.52. The van der Waals surface area contributed by atoms with Gasteiger partial charge in [0.25, 0.3) is 0 Å². The van der Waals surface area contributed by atoms with Crippen LogP contribution in [-0.4, -0.2) is 34.9 Å². The van der Waals surface area contributed by atoms with Gasteiger partial charge >= 0.3 is 12.0 Å². The van der Waals surface area contributed by atoms with Crippen LogP contribution in [0, 0.1) is 6.92 Å². The van der Waals surface area contributed by atoms with E-state index in [2.05, 4.69) is 10.6 Å². The number of carbonyl (C=O) groups is 2. The quantitative estimate of drug-likeness (QED) is 0.639. The highest BCUT2D eigenvalue weighted by Gasteiger charge is 2.20. The molecule has 1 heterocycles. The van der Waals surface area contributed by atoms with Crippen LogP contribution in [-0.2, 0) is 4.79 Å². The molecule has 0 bridgehead atoms. The number of carboxylic acids is 1. The molecule has 0 radical (unpaired) electrons. The lowest BCUT2D eigenvalue weighted by atomic mass is 10.3. The third-order valence-electron chi connectivity index (χ3n) is 2.32. The Morgan fingerprint density at radius 3 is 2.50 bits per heavy atom. The second-order valence-corrected chi connectivity index (χ2v) is 5.18. The van der Waals surface area contributed by atoms with Crippen LogP contribution in [0.4, 0.5) is 4.79 Å². The number of hydrogen-bond acceptors (Lipinski definition) is 4. The van der Waals surface area contributed by atoms with Gasteiger partial charge in [-0.25, -0.2) is 9.59 Å². The first kappa shape index (κ1) is 14.5. The summed E-state index contributed by atoms with van der Waals surface area (Å²) in [5.41, 5.74) is 0. The molecule has 4 N–H and O–H groups in total. The van der Waals surface area contributed by atoms with Crippen LogP contribution in [0.25, 0.3) is 0 Å². The molecule has 1 aromatic rings. The van der Waals surface area contributed by atoms with E-state index in [1.54, 1.807) is 18.3 Å². The third kappa shape index (κ3) is 4.01. The molecule has 6 nitrogen and oxygen atoms in total. The van der Waals surface area contributed by atoms with Crippen LogP contribution in [0.2, 0.25) is 0 Å². The summed E-state index contributed by atoms with van der Waals surface area (Å²) in [5, 5.41) is 22.2. The smallest absolute Gasteiger partial charge is 0.328 e. The Bertz CT molecular complexity index is 432. The summed E-state index contributed by atoms with van der Waals surface area (Å²) in [6.45, 7) is 3.13. The topological polar surface area (TPSA) is 98.7 Å². The first-order valence-electron chi connectivity index (χ1n) is 5.41. The molecular formula is C11H16N2O4S. The molecule has 0 spiro atoms. The number of thiophene rings is 1. The van der Waals surface area contributed by atoms with Crippen molar-refractivity contribution in [2.24, 2.45) is 0 Å². The van der Waals surface area contributed by atoms with Gasteiger partial charge in [0.1, 0.15) is 0 Å². The lowest BCUT2D eigenvalue weighted by Gasteiger charge is -2.16. The fraction of sp³-hybridized carbons (Fsp3) is 0.455. The van der Waals surface area contributed by atoms with Crippen molar-refractivity contribution in [2.75, 3.05) is 6.61 Å².